The van der Waals surface area contributed by atoms with Crippen LogP contribution in [0.2, 0.25) is 0 Å². The lowest BCUT2D eigenvalue weighted by molar-refractivity contribution is 0.0772. The molecule has 0 radical (unpaired) electrons. The van der Waals surface area contributed by atoms with Crippen LogP contribution < -0.4 is 5.43 Å². The van der Waals surface area contributed by atoms with Crippen molar-refractivity contribution in [2.75, 3.05) is 6.54 Å². The molecule has 4 nitrogen and oxygen atoms in total. The Morgan fingerprint density at radius 3 is 2.94 bits per heavy atom. The number of aromatic nitrogens is 1. The molecule has 1 unspecified atom stereocenters. The Morgan fingerprint density at radius 1 is 1.22 bits per heavy atom. The summed E-state index contributed by atoms with van der Waals surface area (Å²) >= 11 is 0. The molecule has 2 aliphatic rings. The molecule has 2 aliphatic heterocycles. The minimum Gasteiger partial charge on any atom is -0.350 e. The molecule has 1 aromatic heterocycles. The number of aromatic amines is 1. The third kappa shape index (κ3) is 1.05. The van der Waals surface area contributed by atoms with Gasteiger partial charge >= 0.3 is 0 Å². The second-order valence-electron chi connectivity index (χ2n) is 4.94. The predicted octanol–water partition coefficient (Wildman–Crippen LogP) is 1.82. The van der Waals surface area contributed by atoms with Crippen molar-refractivity contribution in [1.29, 1.82) is 0 Å². The molecule has 4 heteroatoms. The van der Waals surface area contributed by atoms with Crippen molar-refractivity contribution in [3.8, 4) is 0 Å². The topological polar surface area (TPSA) is 53.2 Å². The van der Waals surface area contributed by atoms with Gasteiger partial charge in [0.05, 0.1) is 11.6 Å². The number of fused-ring (bicyclic) bond motifs is 4. The van der Waals surface area contributed by atoms with E-state index in [-0.39, 0.29) is 17.4 Å². The normalized spacial score (nSPS) is 21.4. The van der Waals surface area contributed by atoms with Gasteiger partial charge in [-0.2, -0.15) is 0 Å². The van der Waals surface area contributed by atoms with Crippen LogP contribution in [0.25, 0.3) is 10.9 Å². The van der Waals surface area contributed by atoms with E-state index in [9.17, 15) is 9.59 Å². The zero-order chi connectivity index (χ0) is 12.3. The number of carbonyl (C=O) groups is 1. The van der Waals surface area contributed by atoms with Gasteiger partial charge in [-0.25, -0.2) is 0 Å². The van der Waals surface area contributed by atoms with Crippen molar-refractivity contribution < 1.29 is 4.79 Å². The molecule has 1 saturated heterocycles. The molecule has 1 amide bonds. The maximum absolute atomic E-state index is 12.5. The van der Waals surface area contributed by atoms with Crippen molar-refractivity contribution in [2.45, 2.75) is 18.9 Å². The maximum Gasteiger partial charge on any atom is 0.271 e. The lowest BCUT2D eigenvalue weighted by Gasteiger charge is -2.13. The first-order valence-electron chi connectivity index (χ1n) is 6.23. The summed E-state index contributed by atoms with van der Waals surface area (Å²) in [5, 5.41) is 0.679. The lowest BCUT2D eigenvalue weighted by Crippen LogP contribution is -2.23. The van der Waals surface area contributed by atoms with Gasteiger partial charge in [0.2, 0.25) is 0 Å². The molecule has 18 heavy (non-hydrogen) atoms. The Hall–Kier alpha value is -2.10. The number of pyridine rings is 1. The van der Waals surface area contributed by atoms with Gasteiger partial charge in [-0.1, -0.05) is 12.1 Å². The smallest absolute Gasteiger partial charge is 0.271 e. The van der Waals surface area contributed by atoms with E-state index in [1.54, 1.807) is 0 Å². The van der Waals surface area contributed by atoms with Crippen LogP contribution in [0, 0.1) is 0 Å². The third-order valence-corrected chi connectivity index (χ3v) is 4.01. The minimum atomic E-state index is -0.0182. The first-order valence-corrected chi connectivity index (χ1v) is 6.23. The minimum absolute atomic E-state index is 0.000793. The predicted molar refractivity (Wildman–Crippen MR) is 67.6 cm³/mol. The fraction of sp³-hybridized carbons (Fsp3) is 0.286. The summed E-state index contributed by atoms with van der Waals surface area (Å²) in [5.41, 5.74) is 1.94. The SMILES string of the molecule is O=C1c2[nH]c3ccccc3c(=O)c2C2CCCN12. The third-order valence-electron chi connectivity index (χ3n) is 4.01. The zero-order valence-corrected chi connectivity index (χ0v) is 9.77. The number of nitrogens with one attached hydrogen (secondary N) is 1. The molecule has 0 bridgehead atoms. The lowest BCUT2D eigenvalue weighted by atomic mass is 10.0. The quantitative estimate of drug-likeness (QED) is 0.763. The van der Waals surface area contributed by atoms with Crippen LogP contribution >= 0.6 is 0 Å². The fourth-order valence-electron chi connectivity index (χ4n) is 3.19. The van der Waals surface area contributed by atoms with Crippen LogP contribution in [-0.4, -0.2) is 22.3 Å². The van der Waals surface area contributed by atoms with Gasteiger partial charge in [-0.15, -0.1) is 0 Å². The van der Waals surface area contributed by atoms with E-state index in [1.165, 1.54) is 0 Å². The number of nitrogens with zero attached hydrogens (tertiary/aromatic N) is 1. The van der Waals surface area contributed by atoms with E-state index in [0.717, 1.165) is 24.9 Å². The van der Waals surface area contributed by atoms with Gasteiger partial charge in [-0.3, -0.25) is 9.59 Å². The van der Waals surface area contributed by atoms with E-state index in [4.69, 9.17) is 0 Å². The van der Waals surface area contributed by atoms with Crippen molar-refractivity contribution >= 4 is 16.8 Å². The number of H-pyrrole nitrogens is 1. The van der Waals surface area contributed by atoms with E-state index < -0.39 is 0 Å². The molecule has 1 aromatic carbocycles. The number of benzene rings is 1. The second-order valence-corrected chi connectivity index (χ2v) is 4.94. The van der Waals surface area contributed by atoms with Crippen LogP contribution in [0.1, 0.15) is 34.9 Å². The highest BCUT2D eigenvalue weighted by atomic mass is 16.2. The van der Waals surface area contributed by atoms with Crippen LogP contribution in [0.15, 0.2) is 29.1 Å². The van der Waals surface area contributed by atoms with Crippen molar-refractivity contribution in [3.05, 3.63) is 45.7 Å². The molecule has 0 aliphatic carbocycles. The number of para-hydroxylation sites is 1. The number of hydrogen-bond acceptors (Lipinski definition) is 2. The fourth-order valence-corrected chi connectivity index (χ4v) is 3.19. The van der Waals surface area contributed by atoms with E-state index in [0.29, 0.717) is 16.6 Å². The summed E-state index contributed by atoms with van der Waals surface area (Å²) in [4.78, 5) is 29.7. The maximum atomic E-state index is 12.5. The first-order chi connectivity index (χ1) is 8.77. The zero-order valence-electron chi connectivity index (χ0n) is 9.77. The number of hydrogen-bond donors (Lipinski definition) is 1. The molecule has 4 rings (SSSR count). The Balaban J connectivity index is 2.12. The van der Waals surface area contributed by atoms with Gasteiger partial charge in [0.1, 0.15) is 5.69 Å². The molecule has 1 fully saturated rings. The molecule has 1 N–H and O–H groups in total. The highest BCUT2D eigenvalue weighted by molar-refractivity contribution is 6.00. The van der Waals surface area contributed by atoms with Crippen LogP contribution in [-0.2, 0) is 0 Å². The Bertz CT molecular complexity index is 732. The molecular weight excluding hydrogens is 228 g/mol. The average Bonchev–Trinajstić information content (AvgIpc) is 2.94. The van der Waals surface area contributed by atoms with Crippen molar-refractivity contribution in [2.24, 2.45) is 0 Å². The summed E-state index contributed by atoms with van der Waals surface area (Å²) in [5.74, 6) is -0.0182. The van der Waals surface area contributed by atoms with Crippen LogP contribution in [0.3, 0.4) is 0 Å². The second kappa shape index (κ2) is 3.22. The van der Waals surface area contributed by atoms with Crippen LogP contribution in [0.5, 0.6) is 0 Å². The summed E-state index contributed by atoms with van der Waals surface area (Å²) < 4.78 is 0. The van der Waals surface area contributed by atoms with Gasteiger partial charge in [-0.05, 0) is 25.0 Å². The molecule has 3 heterocycles. The van der Waals surface area contributed by atoms with Gasteiger partial charge in [0, 0.05) is 17.4 Å². The van der Waals surface area contributed by atoms with Gasteiger partial charge in [0.15, 0.2) is 5.43 Å². The van der Waals surface area contributed by atoms with E-state index >= 15 is 0 Å². The van der Waals surface area contributed by atoms with Crippen molar-refractivity contribution in [1.82, 2.24) is 9.88 Å². The van der Waals surface area contributed by atoms with Gasteiger partial charge in [0.25, 0.3) is 5.91 Å². The number of amides is 1. The summed E-state index contributed by atoms with van der Waals surface area (Å²) in [7, 11) is 0. The highest BCUT2D eigenvalue weighted by Gasteiger charge is 2.42. The Labute approximate surface area is 103 Å². The van der Waals surface area contributed by atoms with E-state index in [2.05, 4.69) is 4.98 Å². The largest absolute Gasteiger partial charge is 0.350 e. The first kappa shape index (κ1) is 9.88. The standard InChI is InChI=1S/C14H12N2O2/c17-13-8-4-1-2-5-9(8)15-12-11(13)10-6-3-7-16(10)14(12)18/h1-2,4-5,10H,3,6-7H2,(H,15,17). The Kier molecular flexibility index (Phi) is 1.77. The van der Waals surface area contributed by atoms with E-state index in [1.807, 2.05) is 29.2 Å². The summed E-state index contributed by atoms with van der Waals surface area (Å²) in [6.45, 7) is 0.766. The summed E-state index contributed by atoms with van der Waals surface area (Å²) in [6.07, 6.45) is 1.89. The number of carbonyl (C=O) groups excluding carboxylic acids is 1. The average molecular weight is 240 g/mol. The Morgan fingerprint density at radius 2 is 2.06 bits per heavy atom. The molecular formula is C14H12N2O2. The molecule has 90 valence electrons. The molecule has 1 atom stereocenters. The number of rotatable bonds is 0. The monoisotopic (exact) mass is 240 g/mol. The van der Waals surface area contributed by atoms with Crippen LogP contribution in [0.4, 0.5) is 0 Å². The molecule has 2 aromatic rings. The highest BCUT2D eigenvalue weighted by Crippen LogP contribution is 2.38. The summed E-state index contributed by atoms with van der Waals surface area (Å²) in [6, 6.07) is 7.38. The van der Waals surface area contributed by atoms with Gasteiger partial charge < -0.3 is 9.88 Å². The molecule has 0 spiro atoms. The van der Waals surface area contributed by atoms with Crippen molar-refractivity contribution in [3.63, 3.8) is 0 Å². The molecule has 0 saturated carbocycles.